The molecule has 3 nitrogen and oxygen atoms in total. The van der Waals surface area contributed by atoms with Gasteiger partial charge in [-0.15, -0.1) is 0 Å². The highest BCUT2D eigenvalue weighted by atomic mass is 16.3. The Bertz CT molecular complexity index is 113. The molecule has 1 atom stereocenters. The second-order valence-corrected chi connectivity index (χ2v) is 2.25. The maximum absolute atomic E-state index is 10.7. The molecule has 3 heteroatoms. The van der Waals surface area contributed by atoms with E-state index in [1.807, 2.05) is 18.9 Å². The number of nitrogens with zero attached hydrogens (tertiary/aromatic N) is 2. The van der Waals surface area contributed by atoms with Crippen LogP contribution in [0.2, 0.25) is 0 Å². The third-order valence-electron chi connectivity index (χ3n) is 1.73. The maximum Gasteiger partial charge on any atom is 0.254 e. The molecule has 1 aliphatic rings. The van der Waals surface area contributed by atoms with E-state index in [9.17, 15) is 4.91 Å². The summed E-state index contributed by atoms with van der Waals surface area (Å²) in [5.74, 6) is 0. The molecule has 0 aromatic carbocycles. The summed E-state index contributed by atoms with van der Waals surface area (Å²) in [5.41, 5.74) is 0. The Morgan fingerprint density at radius 1 is 1.75 bits per heavy atom. The van der Waals surface area contributed by atoms with Gasteiger partial charge in [-0.2, -0.15) is 0 Å². The third kappa shape index (κ3) is 0.733. The van der Waals surface area contributed by atoms with Crippen molar-refractivity contribution in [3.63, 3.8) is 0 Å². The molecule has 0 aliphatic carbocycles. The molecule has 0 N–H and O–H groups in total. The number of hydrogen-bond acceptors (Lipinski definition) is 2. The van der Waals surface area contributed by atoms with Crippen molar-refractivity contribution in [2.24, 2.45) is 0 Å². The molecule has 0 aromatic rings. The lowest BCUT2D eigenvalue weighted by atomic mass is 10.5. The summed E-state index contributed by atoms with van der Waals surface area (Å²) in [6.07, 6.45) is 0.0926. The van der Waals surface area contributed by atoms with Crippen molar-refractivity contribution in [1.29, 1.82) is 0 Å². The van der Waals surface area contributed by atoms with Crippen molar-refractivity contribution in [3.05, 3.63) is 4.91 Å². The van der Waals surface area contributed by atoms with Crippen LogP contribution in [0.4, 0.5) is 0 Å². The zero-order chi connectivity index (χ0) is 6.15. The molecule has 8 heavy (non-hydrogen) atoms. The quantitative estimate of drug-likeness (QED) is 0.417. The zero-order valence-corrected chi connectivity index (χ0v) is 5.29. The van der Waals surface area contributed by atoms with E-state index in [0.29, 0.717) is 6.54 Å². The predicted octanol–water partition coefficient (Wildman–Crippen LogP) is 0.0567. The van der Waals surface area contributed by atoms with Crippen LogP contribution in [0, 0.1) is 4.91 Å². The molecule has 1 saturated heterocycles. The normalized spacial score (nSPS) is 31.8. The van der Waals surface area contributed by atoms with Gasteiger partial charge in [0.05, 0.1) is 6.54 Å². The molecule has 46 valence electrons. The molecule has 1 heterocycles. The first-order valence-corrected chi connectivity index (χ1v) is 2.86. The standard InChI is InChI=1S/C5H11N2O/c1-5-6(2)3-4-7(5)8/h5H,3-4H2,1-2H3/q+1. The number of hydrogen-bond donors (Lipinski definition) is 0. The van der Waals surface area contributed by atoms with E-state index in [2.05, 4.69) is 0 Å². The minimum Gasteiger partial charge on any atom is -0.239 e. The van der Waals surface area contributed by atoms with Gasteiger partial charge in [0.15, 0.2) is 0 Å². The Balaban J connectivity index is 2.56. The fraction of sp³-hybridized carbons (Fsp3) is 1.00. The molecular weight excluding hydrogens is 104 g/mol. The lowest BCUT2D eigenvalue weighted by Gasteiger charge is -2.02. The van der Waals surface area contributed by atoms with E-state index in [1.54, 1.807) is 0 Å². The van der Waals surface area contributed by atoms with Crippen molar-refractivity contribution in [3.8, 4) is 0 Å². The Labute approximate surface area is 48.9 Å². The van der Waals surface area contributed by atoms with E-state index >= 15 is 0 Å². The SMILES string of the molecule is CC1N(C)CC[N+]1=O. The second kappa shape index (κ2) is 1.82. The first-order valence-electron chi connectivity index (χ1n) is 2.86. The van der Waals surface area contributed by atoms with Gasteiger partial charge < -0.3 is 0 Å². The van der Waals surface area contributed by atoms with Gasteiger partial charge in [-0.3, -0.25) is 0 Å². The molecule has 0 bridgehead atoms. The predicted molar refractivity (Wildman–Crippen MR) is 30.6 cm³/mol. The minimum absolute atomic E-state index is 0.0926. The summed E-state index contributed by atoms with van der Waals surface area (Å²) in [6.45, 7) is 3.49. The molecule has 1 fully saturated rings. The van der Waals surface area contributed by atoms with Crippen molar-refractivity contribution >= 4 is 0 Å². The number of rotatable bonds is 0. The Hall–Kier alpha value is -0.440. The zero-order valence-electron chi connectivity index (χ0n) is 5.29. The summed E-state index contributed by atoms with van der Waals surface area (Å²) in [7, 11) is 1.96. The van der Waals surface area contributed by atoms with Crippen molar-refractivity contribution in [2.75, 3.05) is 20.1 Å². The summed E-state index contributed by atoms with van der Waals surface area (Å²) in [6, 6.07) is 0. The molecule has 0 amide bonds. The molecule has 0 saturated carbocycles. The van der Waals surface area contributed by atoms with Gasteiger partial charge in [-0.05, 0) is 7.05 Å². The van der Waals surface area contributed by atoms with Gasteiger partial charge in [0.1, 0.15) is 0 Å². The number of likely N-dealkylation sites (N-methyl/N-ethyl adjacent to an activating group) is 1. The van der Waals surface area contributed by atoms with Crippen LogP contribution in [0.15, 0.2) is 0 Å². The van der Waals surface area contributed by atoms with Crippen LogP contribution in [-0.2, 0) is 0 Å². The van der Waals surface area contributed by atoms with Crippen molar-refractivity contribution in [2.45, 2.75) is 13.1 Å². The molecule has 0 radical (unpaired) electrons. The van der Waals surface area contributed by atoms with Gasteiger partial charge >= 0.3 is 0 Å². The molecule has 0 aromatic heterocycles. The van der Waals surface area contributed by atoms with Gasteiger partial charge in [-0.25, -0.2) is 4.90 Å². The Kier molecular flexibility index (Phi) is 1.29. The van der Waals surface area contributed by atoms with Crippen LogP contribution >= 0.6 is 0 Å². The first kappa shape index (κ1) is 5.69. The smallest absolute Gasteiger partial charge is 0.239 e. The molecule has 1 unspecified atom stereocenters. The van der Waals surface area contributed by atoms with Gasteiger partial charge in [0.25, 0.3) is 6.17 Å². The van der Waals surface area contributed by atoms with E-state index in [-0.39, 0.29) is 6.17 Å². The Morgan fingerprint density at radius 2 is 2.38 bits per heavy atom. The number of nitroso groups, excluding NO2 is 1. The van der Waals surface area contributed by atoms with Gasteiger partial charge in [0.2, 0.25) is 6.54 Å². The average molecular weight is 115 g/mol. The monoisotopic (exact) mass is 115 g/mol. The lowest BCUT2D eigenvalue weighted by molar-refractivity contribution is -0.571. The average Bonchev–Trinajstić information content (AvgIpc) is 1.98. The topological polar surface area (TPSA) is 23.3 Å². The minimum atomic E-state index is 0.0926. The summed E-state index contributed by atoms with van der Waals surface area (Å²) in [4.78, 5) is 12.7. The van der Waals surface area contributed by atoms with Crippen LogP contribution in [0.5, 0.6) is 0 Å². The fourth-order valence-electron chi connectivity index (χ4n) is 0.850. The van der Waals surface area contributed by atoms with Crippen LogP contribution in [0.1, 0.15) is 6.92 Å². The van der Waals surface area contributed by atoms with E-state index in [0.717, 1.165) is 11.3 Å². The van der Waals surface area contributed by atoms with Crippen LogP contribution in [-0.4, -0.2) is 36.0 Å². The first-order chi connectivity index (χ1) is 3.72. The second-order valence-electron chi connectivity index (χ2n) is 2.25. The lowest BCUT2D eigenvalue weighted by Crippen LogP contribution is -2.26. The van der Waals surface area contributed by atoms with Crippen LogP contribution in [0.3, 0.4) is 0 Å². The molecular formula is C5H11N2O+. The fourth-order valence-corrected chi connectivity index (χ4v) is 0.850. The van der Waals surface area contributed by atoms with E-state index < -0.39 is 0 Å². The third-order valence-corrected chi connectivity index (χ3v) is 1.73. The summed E-state index contributed by atoms with van der Waals surface area (Å²) in [5, 5.41) is 0. The molecule has 0 spiro atoms. The van der Waals surface area contributed by atoms with Crippen LogP contribution in [0.25, 0.3) is 0 Å². The molecule has 1 rings (SSSR count). The Morgan fingerprint density at radius 3 is 2.50 bits per heavy atom. The van der Waals surface area contributed by atoms with Gasteiger partial charge in [-0.1, -0.05) is 0 Å². The van der Waals surface area contributed by atoms with Crippen molar-refractivity contribution < 1.29 is 4.76 Å². The summed E-state index contributed by atoms with van der Waals surface area (Å²) < 4.78 is 1.10. The van der Waals surface area contributed by atoms with Crippen molar-refractivity contribution in [1.82, 2.24) is 4.90 Å². The largest absolute Gasteiger partial charge is 0.254 e. The van der Waals surface area contributed by atoms with Gasteiger partial charge in [0, 0.05) is 16.6 Å². The highest BCUT2D eigenvalue weighted by Gasteiger charge is 2.31. The highest BCUT2D eigenvalue weighted by Crippen LogP contribution is 2.03. The maximum atomic E-state index is 10.7. The molecule has 1 aliphatic heterocycles. The summed E-state index contributed by atoms with van der Waals surface area (Å²) >= 11 is 0. The van der Waals surface area contributed by atoms with E-state index in [1.165, 1.54) is 0 Å². The van der Waals surface area contributed by atoms with E-state index in [4.69, 9.17) is 0 Å². The highest BCUT2D eigenvalue weighted by molar-refractivity contribution is 4.56. The van der Waals surface area contributed by atoms with Crippen LogP contribution < -0.4 is 0 Å².